The monoisotopic (exact) mass is 632 g/mol. The van der Waals surface area contributed by atoms with E-state index in [4.69, 9.17) is 23.2 Å². The average molecular weight is 633 g/mol. The normalized spacial score (nSPS) is 32.3. The smallest absolute Gasteiger partial charge is 0.258 e. The third-order valence-electron chi connectivity index (χ3n) is 8.75. The molecule has 42 heavy (non-hydrogen) atoms. The number of hydrogen-bond donors (Lipinski definition) is 1. The summed E-state index contributed by atoms with van der Waals surface area (Å²) in [5.41, 5.74) is -1.90. The van der Waals surface area contributed by atoms with Gasteiger partial charge in [0.25, 0.3) is 11.8 Å². The SMILES string of the molecule is CN1C(=O)C2CC=C3C(CC4(Cl)C(=O)N(c5c(F)c(F)c(F)c(F)c5F)C(=O)C4(Cl)C3c3ccc(O)c(F)c3)C2C1=O. The summed E-state index contributed by atoms with van der Waals surface area (Å²) in [6.45, 7) is 0. The fraction of sp³-hybridized carbons (Fsp3) is 0.333. The molecule has 7 nitrogen and oxygen atoms in total. The van der Waals surface area contributed by atoms with Crippen molar-refractivity contribution in [1.29, 1.82) is 0 Å². The van der Waals surface area contributed by atoms with Crippen molar-refractivity contribution >= 4 is 52.5 Å². The molecule has 15 heteroatoms. The van der Waals surface area contributed by atoms with Gasteiger partial charge in [-0.1, -0.05) is 17.7 Å². The first-order valence-corrected chi connectivity index (χ1v) is 13.1. The molecule has 2 aromatic carbocycles. The minimum Gasteiger partial charge on any atom is -0.505 e. The minimum atomic E-state index is -2.76. The van der Waals surface area contributed by atoms with Crippen LogP contribution in [0, 0.1) is 52.7 Å². The number of allylic oxidation sites excluding steroid dienone is 2. The standard InChI is InChI=1S/C27H16Cl2F6N2O5/c1-36-22(39)10-4-3-9-11(14(10)23(36)40)7-26(28)24(41)37(21-19(34)17(32)16(31)18(33)20(21)35)25(42)27(26,29)15(9)8-2-5-13(38)12(30)6-8/h2-3,5-6,10-11,14-15,38H,4,7H2,1H3. The lowest BCUT2D eigenvalue weighted by Gasteiger charge is -2.50. The van der Waals surface area contributed by atoms with Gasteiger partial charge in [0, 0.05) is 13.0 Å². The summed E-state index contributed by atoms with van der Waals surface area (Å²) in [5.74, 6) is -23.7. The highest BCUT2D eigenvalue weighted by molar-refractivity contribution is 6.58. The van der Waals surface area contributed by atoms with Gasteiger partial charge in [-0.25, -0.2) is 31.2 Å². The van der Waals surface area contributed by atoms with Crippen molar-refractivity contribution in [1.82, 2.24) is 4.90 Å². The number of nitrogens with zero attached hydrogens (tertiary/aromatic N) is 2. The number of hydrogen-bond acceptors (Lipinski definition) is 5. The van der Waals surface area contributed by atoms with E-state index in [1.165, 1.54) is 13.1 Å². The van der Waals surface area contributed by atoms with E-state index in [-0.39, 0.29) is 22.5 Å². The fourth-order valence-corrected chi connectivity index (χ4v) is 7.74. The fourth-order valence-electron chi connectivity index (χ4n) is 6.80. The van der Waals surface area contributed by atoms with Crippen LogP contribution in [-0.4, -0.2) is 50.4 Å². The summed E-state index contributed by atoms with van der Waals surface area (Å²) < 4.78 is 86.6. The molecule has 220 valence electrons. The Balaban J connectivity index is 1.62. The Morgan fingerprint density at radius 3 is 2.05 bits per heavy atom. The number of fused-ring (bicyclic) bond motifs is 4. The lowest BCUT2D eigenvalue weighted by molar-refractivity contribution is -0.138. The molecule has 0 aromatic heterocycles. The van der Waals surface area contributed by atoms with Crippen LogP contribution in [0.25, 0.3) is 0 Å². The zero-order valence-electron chi connectivity index (χ0n) is 21.0. The second-order valence-electron chi connectivity index (χ2n) is 10.6. The van der Waals surface area contributed by atoms with Crippen molar-refractivity contribution < 1.29 is 50.6 Å². The number of rotatable bonds is 2. The summed E-state index contributed by atoms with van der Waals surface area (Å²) in [7, 11) is 1.25. The number of alkyl halides is 2. The number of likely N-dealkylation sites (tertiary alicyclic amines) is 1. The number of halogens is 8. The van der Waals surface area contributed by atoms with Crippen LogP contribution in [0.1, 0.15) is 24.3 Å². The number of imide groups is 2. The van der Waals surface area contributed by atoms with Crippen LogP contribution in [0.3, 0.4) is 0 Å². The van der Waals surface area contributed by atoms with E-state index >= 15 is 0 Å². The molecule has 0 bridgehead atoms. The van der Waals surface area contributed by atoms with E-state index in [1.807, 2.05) is 0 Å². The topological polar surface area (TPSA) is 95.0 Å². The van der Waals surface area contributed by atoms with Gasteiger partial charge in [0.2, 0.25) is 17.6 Å². The maximum atomic E-state index is 14.9. The Labute approximate surface area is 242 Å². The molecule has 2 aliphatic carbocycles. The van der Waals surface area contributed by atoms with E-state index in [0.29, 0.717) is 0 Å². The Morgan fingerprint density at radius 1 is 0.857 bits per heavy atom. The van der Waals surface area contributed by atoms with Gasteiger partial charge in [0.15, 0.2) is 44.6 Å². The molecule has 1 saturated carbocycles. The molecule has 4 amide bonds. The first-order valence-electron chi connectivity index (χ1n) is 12.4. The molecule has 6 unspecified atom stereocenters. The molecule has 0 radical (unpaired) electrons. The third-order valence-corrected chi connectivity index (χ3v) is 10.2. The number of phenolic OH excluding ortho intramolecular Hbond substituents is 1. The average Bonchev–Trinajstić information content (AvgIpc) is 3.26. The van der Waals surface area contributed by atoms with Crippen molar-refractivity contribution in [3.05, 3.63) is 70.3 Å². The van der Waals surface area contributed by atoms with Crippen molar-refractivity contribution in [2.45, 2.75) is 28.5 Å². The number of aromatic hydroxyl groups is 1. The van der Waals surface area contributed by atoms with E-state index in [2.05, 4.69) is 0 Å². The molecular formula is C27H16Cl2F6N2O5. The predicted molar refractivity (Wildman–Crippen MR) is 132 cm³/mol. The number of carbonyl (C=O) groups excluding carboxylic acids is 4. The molecule has 2 heterocycles. The van der Waals surface area contributed by atoms with Crippen LogP contribution < -0.4 is 4.90 Å². The van der Waals surface area contributed by atoms with Gasteiger partial charge in [-0.15, -0.1) is 23.2 Å². The quantitative estimate of drug-likeness (QED) is 0.132. The van der Waals surface area contributed by atoms with Crippen molar-refractivity contribution in [2.75, 3.05) is 11.9 Å². The van der Waals surface area contributed by atoms with Crippen LogP contribution in [0.2, 0.25) is 0 Å². The highest BCUT2D eigenvalue weighted by Gasteiger charge is 2.77. The van der Waals surface area contributed by atoms with Gasteiger partial charge in [-0.2, -0.15) is 0 Å². The Morgan fingerprint density at radius 2 is 1.45 bits per heavy atom. The molecule has 6 rings (SSSR count). The van der Waals surface area contributed by atoms with Gasteiger partial charge >= 0.3 is 0 Å². The zero-order chi connectivity index (χ0) is 30.8. The highest BCUT2D eigenvalue weighted by Crippen LogP contribution is 2.66. The second kappa shape index (κ2) is 8.96. The molecule has 0 spiro atoms. The number of benzene rings is 2. The minimum absolute atomic E-state index is 0.0335. The molecule has 2 saturated heterocycles. The number of phenols is 1. The third kappa shape index (κ3) is 3.26. The summed E-state index contributed by atoms with van der Waals surface area (Å²) >= 11 is 13.8. The molecule has 6 atom stereocenters. The summed E-state index contributed by atoms with van der Waals surface area (Å²) in [6.07, 6.45) is 0.782. The number of anilines is 1. The Hall–Kier alpha value is -3.58. The molecular weight excluding hydrogens is 617 g/mol. The van der Waals surface area contributed by atoms with Gasteiger partial charge in [-0.3, -0.25) is 24.1 Å². The Bertz CT molecular complexity index is 1670. The zero-order valence-corrected chi connectivity index (χ0v) is 22.5. The summed E-state index contributed by atoms with van der Waals surface area (Å²) in [4.78, 5) is 49.0. The maximum Gasteiger partial charge on any atom is 0.258 e. The van der Waals surface area contributed by atoms with E-state index < -0.39 is 110 Å². The Kier molecular flexibility index (Phi) is 6.09. The van der Waals surface area contributed by atoms with Gasteiger partial charge < -0.3 is 5.11 Å². The van der Waals surface area contributed by atoms with Crippen molar-refractivity contribution in [3.63, 3.8) is 0 Å². The van der Waals surface area contributed by atoms with Crippen LogP contribution in [0.4, 0.5) is 32.0 Å². The van der Waals surface area contributed by atoms with Crippen LogP contribution in [-0.2, 0) is 19.2 Å². The molecule has 3 fully saturated rings. The van der Waals surface area contributed by atoms with E-state index in [0.717, 1.165) is 23.1 Å². The lowest BCUT2D eigenvalue weighted by atomic mass is 9.56. The van der Waals surface area contributed by atoms with Gasteiger partial charge in [0.05, 0.1) is 11.8 Å². The molecule has 2 aliphatic heterocycles. The number of carbonyl (C=O) groups is 4. The van der Waals surface area contributed by atoms with E-state index in [9.17, 15) is 50.6 Å². The summed E-state index contributed by atoms with van der Waals surface area (Å²) in [6, 6.07) is 2.80. The predicted octanol–water partition coefficient (Wildman–Crippen LogP) is 4.42. The second-order valence-corrected chi connectivity index (χ2v) is 11.9. The van der Waals surface area contributed by atoms with Crippen LogP contribution >= 0.6 is 23.2 Å². The molecule has 2 aromatic rings. The summed E-state index contributed by atoms with van der Waals surface area (Å²) in [5, 5.41) is 9.76. The van der Waals surface area contributed by atoms with Crippen LogP contribution in [0.5, 0.6) is 5.75 Å². The van der Waals surface area contributed by atoms with Crippen molar-refractivity contribution in [3.8, 4) is 5.75 Å². The number of amides is 4. The highest BCUT2D eigenvalue weighted by atomic mass is 35.5. The first kappa shape index (κ1) is 28.5. The first-order chi connectivity index (χ1) is 19.6. The van der Waals surface area contributed by atoms with E-state index in [1.54, 1.807) is 0 Å². The maximum absolute atomic E-state index is 14.9. The van der Waals surface area contributed by atoms with Crippen molar-refractivity contribution in [2.24, 2.45) is 17.8 Å². The molecule has 4 aliphatic rings. The van der Waals surface area contributed by atoms with Gasteiger partial charge in [-0.05, 0) is 36.5 Å². The largest absolute Gasteiger partial charge is 0.505 e. The van der Waals surface area contributed by atoms with Gasteiger partial charge in [0.1, 0.15) is 5.69 Å². The molecule has 1 N–H and O–H groups in total. The van der Waals surface area contributed by atoms with Crippen LogP contribution in [0.15, 0.2) is 29.8 Å². The lowest BCUT2D eigenvalue weighted by Crippen LogP contribution is -2.60.